The zero-order valence-corrected chi connectivity index (χ0v) is 20.7. The van der Waals surface area contributed by atoms with Gasteiger partial charge in [-0.1, -0.05) is 13.3 Å². The molecule has 1 aliphatic heterocycles. The highest BCUT2D eigenvalue weighted by Crippen LogP contribution is 2.28. The molecule has 0 saturated heterocycles. The summed E-state index contributed by atoms with van der Waals surface area (Å²) in [4.78, 5) is 34.5. The van der Waals surface area contributed by atoms with E-state index in [1.165, 1.54) is 11.3 Å². The van der Waals surface area contributed by atoms with Crippen molar-refractivity contribution in [3.63, 3.8) is 0 Å². The Morgan fingerprint density at radius 1 is 1.36 bits per heavy atom. The summed E-state index contributed by atoms with van der Waals surface area (Å²) in [6.07, 6.45) is 7.62. The SMILES string of the molecule is CCC(C)N(CCCNC(=O)c1sc2nc3n(c(=O)c2c1C)CCCCC3)Cc1ccco1. The van der Waals surface area contributed by atoms with E-state index in [2.05, 4.69) is 24.1 Å². The van der Waals surface area contributed by atoms with E-state index < -0.39 is 0 Å². The Morgan fingerprint density at radius 2 is 2.21 bits per heavy atom. The standard InChI is InChI=1S/C25H34N4O3S/c1-4-17(2)28(16-19-10-8-15-32-19)13-9-12-26-23(30)22-18(3)21-24(33-22)27-20-11-6-5-7-14-29(20)25(21)31/h8,10,15,17H,4-7,9,11-14,16H2,1-3H3,(H,26,30). The fourth-order valence-electron chi connectivity index (χ4n) is 4.51. The van der Waals surface area contributed by atoms with Crippen LogP contribution in [0.3, 0.4) is 0 Å². The van der Waals surface area contributed by atoms with E-state index in [0.717, 1.165) is 75.3 Å². The normalized spacial score (nSPS) is 14.9. The number of nitrogens with zero attached hydrogens (tertiary/aromatic N) is 3. The first-order chi connectivity index (χ1) is 16.0. The summed E-state index contributed by atoms with van der Waals surface area (Å²) in [7, 11) is 0. The van der Waals surface area contributed by atoms with E-state index >= 15 is 0 Å². The van der Waals surface area contributed by atoms with E-state index in [0.29, 0.717) is 27.7 Å². The molecule has 0 bridgehead atoms. The van der Waals surface area contributed by atoms with Crippen LogP contribution in [0.15, 0.2) is 27.6 Å². The lowest BCUT2D eigenvalue weighted by Crippen LogP contribution is -2.35. The highest BCUT2D eigenvalue weighted by Gasteiger charge is 2.22. The summed E-state index contributed by atoms with van der Waals surface area (Å²) in [6, 6.07) is 4.35. The van der Waals surface area contributed by atoms with Gasteiger partial charge in [-0.15, -0.1) is 11.3 Å². The molecule has 0 saturated carbocycles. The maximum Gasteiger partial charge on any atom is 0.262 e. The summed E-state index contributed by atoms with van der Waals surface area (Å²) >= 11 is 1.34. The second-order valence-corrected chi connectivity index (χ2v) is 9.95. The van der Waals surface area contributed by atoms with Crippen LogP contribution in [-0.4, -0.2) is 39.5 Å². The minimum Gasteiger partial charge on any atom is -0.468 e. The molecule has 8 heteroatoms. The number of furan rings is 1. The number of carbonyl (C=O) groups is 1. The molecule has 7 nitrogen and oxygen atoms in total. The van der Waals surface area contributed by atoms with Gasteiger partial charge in [0.25, 0.3) is 11.5 Å². The molecule has 1 unspecified atom stereocenters. The number of nitrogens with one attached hydrogen (secondary N) is 1. The Labute approximate surface area is 198 Å². The van der Waals surface area contributed by atoms with Gasteiger partial charge in [-0.3, -0.25) is 19.1 Å². The van der Waals surface area contributed by atoms with Gasteiger partial charge in [0.2, 0.25) is 0 Å². The maximum atomic E-state index is 13.1. The van der Waals surface area contributed by atoms with E-state index in [9.17, 15) is 9.59 Å². The number of fused-ring (bicyclic) bond motifs is 2. The Morgan fingerprint density at radius 3 is 2.97 bits per heavy atom. The van der Waals surface area contributed by atoms with Crippen LogP contribution in [-0.2, 0) is 19.5 Å². The number of amides is 1. The molecule has 1 atom stereocenters. The van der Waals surface area contributed by atoms with Gasteiger partial charge in [0.05, 0.1) is 23.1 Å². The van der Waals surface area contributed by atoms with Gasteiger partial charge in [0.1, 0.15) is 16.4 Å². The minimum absolute atomic E-state index is 0.00632. The van der Waals surface area contributed by atoms with Crippen molar-refractivity contribution in [1.82, 2.24) is 19.8 Å². The van der Waals surface area contributed by atoms with Crippen molar-refractivity contribution in [2.75, 3.05) is 13.1 Å². The largest absolute Gasteiger partial charge is 0.468 e. The smallest absolute Gasteiger partial charge is 0.262 e. The van der Waals surface area contributed by atoms with Gasteiger partial charge in [-0.25, -0.2) is 4.98 Å². The Balaban J connectivity index is 1.41. The van der Waals surface area contributed by atoms with E-state index in [4.69, 9.17) is 9.40 Å². The van der Waals surface area contributed by atoms with Crippen LogP contribution >= 0.6 is 11.3 Å². The van der Waals surface area contributed by atoms with Gasteiger partial charge in [-0.05, 0) is 57.2 Å². The second kappa shape index (κ2) is 10.7. The molecule has 0 aliphatic carbocycles. The fraction of sp³-hybridized carbons (Fsp3) is 0.560. The lowest BCUT2D eigenvalue weighted by atomic mass is 10.2. The molecule has 4 rings (SSSR count). The Hall–Kier alpha value is -2.45. The summed E-state index contributed by atoms with van der Waals surface area (Å²) in [6.45, 7) is 9.22. The van der Waals surface area contributed by atoms with E-state index in [1.807, 2.05) is 23.6 Å². The number of rotatable bonds is 9. The number of carbonyl (C=O) groups excluding carboxylic acids is 1. The molecule has 0 aromatic carbocycles. The van der Waals surface area contributed by atoms with Crippen molar-refractivity contribution in [1.29, 1.82) is 0 Å². The molecule has 1 amide bonds. The molecule has 0 radical (unpaired) electrons. The average molecular weight is 471 g/mol. The topological polar surface area (TPSA) is 80.4 Å². The summed E-state index contributed by atoms with van der Waals surface area (Å²) in [5.74, 6) is 1.70. The molecule has 1 aliphatic rings. The average Bonchev–Trinajstić information content (AvgIpc) is 3.36. The van der Waals surface area contributed by atoms with Crippen molar-refractivity contribution in [3.8, 4) is 0 Å². The monoisotopic (exact) mass is 470 g/mol. The third-order valence-corrected chi connectivity index (χ3v) is 7.86. The lowest BCUT2D eigenvalue weighted by molar-refractivity contribution is 0.0953. The van der Waals surface area contributed by atoms with Crippen molar-refractivity contribution in [2.24, 2.45) is 0 Å². The van der Waals surface area contributed by atoms with Crippen molar-refractivity contribution < 1.29 is 9.21 Å². The van der Waals surface area contributed by atoms with Crippen LogP contribution < -0.4 is 10.9 Å². The van der Waals surface area contributed by atoms with Crippen LogP contribution in [0.2, 0.25) is 0 Å². The maximum absolute atomic E-state index is 13.1. The third-order valence-electron chi connectivity index (χ3n) is 6.68. The number of aryl methyl sites for hydroxylation is 2. The molecule has 0 fully saturated rings. The molecule has 3 aromatic heterocycles. The van der Waals surface area contributed by atoms with Gasteiger partial charge in [-0.2, -0.15) is 0 Å². The Kier molecular flexibility index (Phi) is 7.65. The van der Waals surface area contributed by atoms with Crippen LogP contribution in [0, 0.1) is 6.92 Å². The first-order valence-corrected chi connectivity index (χ1v) is 12.9. The number of hydrogen-bond acceptors (Lipinski definition) is 6. The van der Waals surface area contributed by atoms with Gasteiger partial charge in [0, 0.05) is 32.1 Å². The molecular weight excluding hydrogens is 436 g/mol. The molecule has 178 valence electrons. The molecule has 4 heterocycles. The van der Waals surface area contributed by atoms with Gasteiger partial charge < -0.3 is 9.73 Å². The second-order valence-electron chi connectivity index (χ2n) is 8.95. The number of hydrogen-bond donors (Lipinski definition) is 1. The van der Waals surface area contributed by atoms with Gasteiger partial charge in [0.15, 0.2) is 0 Å². The molecular formula is C25H34N4O3S. The lowest BCUT2D eigenvalue weighted by Gasteiger charge is -2.27. The molecule has 3 aromatic rings. The first-order valence-electron chi connectivity index (χ1n) is 12.1. The van der Waals surface area contributed by atoms with Crippen molar-refractivity contribution in [2.45, 2.75) is 78.4 Å². The van der Waals surface area contributed by atoms with Crippen LogP contribution in [0.25, 0.3) is 10.2 Å². The zero-order valence-electron chi connectivity index (χ0n) is 19.9. The first kappa shape index (κ1) is 23.7. The van der Waals surface area contributed by atoms with Crippen LogP contribution in [0.5, 0.6) is 0 Å². The molecule has 1 N–H and O–H groups in total. The summed E-state index contributed by atoms with van der Waals surface area (Å²) < 4.78 is 7.33. The predicted octanol–water partition coefficient (Wildman–Crippen LogP) is 4.51. The van der Waals surface area contributed by atoms with E-state index in [1.54, 1.807) is 6.26 Å². The number of aromatic nitrogens is 2. The third kappa shape index (κ3) is 5.22. The van der Waals surface area contributed by atoms with Crippen LogP contribution in [0.1, 0.15) is 72.8 Å². The van der Waals surface area contributed by atoms with Crippen LogP contribution in [0.4, 0.5) is 0 Å². The van der Waals surface area contributed by atoms with Crippen molar-refractivity contribution in [3.05, 3.63) is 50.8 Å². The zero-order chi connectivity index (χ0) is 23.4. The summed E-state index contributed by atoms with van der Waals surface area (Å²) in [5, 5.41) is 3.66. The van der Waals surface area contributed by atoms with E-state index in [-0.39, 0.29) is 11.5 Å². The molecule has 33 heavy (non-hydrogen) atoms. The van der Waals surface area contributed by atoms with Gasteiger partial charge >= 0.3 is 0 Å². The quantitative estimate of drug-likeness (QED) is 0.466. The summed E-state index contributed by atoms with van der Waals surface area (Å²) in [5.41, 5.74) is 0.760. The van der Waals surface area contributed by atoms with Crippen molar-refractivity contribution >= 4 is 27.5 Å². The number of thiophene rings is 1. The highest BCUT2D eigenvalue weighted by molar-refractivity contribution is 7.20. The highest BCUT2D eigenvalue weighted by atomic mass is 32.1. The Bertz CT molecular complexity index is 1150. The fourth-order valence-corrected chi connectivity index (χ4v) is 5.61. The minimum atomic E-state index is -0.115. The molecule has 0 spiro atoms. The predicted molar refractivity (Wildman–Crippen MR) is 132 cm³/mol.